The number of allylic oxidation sites excluding steroid dienone is 3. The van der Waals surface area contributed by atoms with Gasteiger partial charge in [0.25, 0.3) is 0 Å². The summed E-state index contributed by atoms with van der Waals surface area (Å²) < 4.78 is 0. The molecule has 0 rings (SSSR count). The fourth-order valence-electron chi connectivity index (χ4n) is 1.04. The predicted octanol–water partition coefficient (Wildman–Crippen LogP) is 3.49. The van der Waals surface area contributed by atoms with Crippen LogP contribution in [-0.4, -0.2) is 7.05 Å². The van der Waals surface area contributed by atoms with Crippen molar-refractivity contribution in [2.75, 3.05) is 7.05 Å². The minimum atomic E-state index is 1.09. The molecule has 0 aliphatic carbocycles. The van der Waals surface area contributed by atoms with Crippen molar-refractivity contribution in [3.8, 4) is 0 Å². The van der Waals surface area contributed by atoms with Gasteiger partial charge in [-0.2, -0.15) is 0 Å². The Labute approximate surface area is 77.6 Å². The molecule has 1 nitrogen and oxygen atoms in total. The molecule has 72 valence electrons. The van der Waals surface area contributed by atoms with Crippen LogP contribution in [0.4, 0.5) is 0 Å². The molecule has 0 aromatic carbocycles. The largest absolute Gasteiger partial charge is 0.388 e. The molecule has 1 heteroatoms. The van der Waals surface area contributed by atoms with E-state index in [0.29, 0.717) is 0 Å². The van der Waals surface area contributed by atoms with E-state index in [-0.39, 0.29) is 0 Å². The summed E-state index contributed by atoms with van der Waals surface area (Å²) >= 11 is 0. The summed E-state index contributed by atoms with van der Waals surface area (Å²) in [5.41, 5.74) is 2.62. The lowest BCUT2D eigenvalue weighted by atomic mass is 10.1. The number of likely N-dealkylation sites (N-methyl/N-ethyl adjacent to an activating group) is 1. The summed E-state index contributed by atoms with van der Waals surface area (Å²) in [7, 11) is 1.95. The van der Waals surface area contributed by atoms with E-state index >= 15 is 0 Å². The van der Waals surface area contributed by atoms with Gasteiger partial charge in [0, 0.05) is 12.7 Å². The van der Waals surface area contributed by atoms with Gasteiger partial charge >= 0.3 is 0 Å². The van der Waals surface area contributed by atoms with E-state index in [9.17, 15) is 0 Å². The number of hydrogen-bond donors (Lipinski definition) is 1. The van der Waals surface area contributed by atoms with Gasteiger partial charge < -0.3 is 5.32 Å². The molecule has 0 aromatic heterocycles. The van der Waals surface area contributed by atoms with Crippen LogP contribution in [0.3, 0.4) is 0 Å². The first-order valence-electron chi connectivity index (χ1n) is 4.79. The first-order chi connectivity index (χ1) is 5.79. The Kier molecular flexibility index (Phi) is 11.9. The summed E-state index contributed by atoms with van der Waals surface area (Å²) in [6, 6.07) is 0. The van der Waals surface area contributed by atoms with Crippen molar-refractivity contribution in [1.29, 1.82) is 0 Å². The quantitative estimate of drug-likeness (QED) is 0.638. The highest BCUT2D eigenvalue weighted by atomic mass is 14.8. The summed E-state index contributed by atoms with van der Waals surface area (Å²) in [6.07, 6.45) is 5.34. The van der Waals surface area contributed by atoms with Crippen molar-refractivity contribution in [2.45, 2.75) is 41.0 Å². The molecular weight excluding hydrogens is 146 g/mol. The van der Waals surface area contributed by atoms with Crippen LogP contribution in [0.25, 0.3) is 0 Å². The third-order valence-corrected chi connectivity index (χ3v) is 1.63. The Bertz CT molecular complexity index is 125. The Morgan fingerprint density at radius 1 is 1.17 bits per heavy atom. The molecule has 0 bridgehead atoms. The van der Waals surface area contributed by atoms with E-state index in [1.54, 1.807) is 0 Å². The third-order valence-electron chi connectivity index (χ3n) is 1.63. The molecule has 0 heterocycles. The molecule has 0 amide bonds. The fraction of sp³-hybridized carbons (Fsp3) is 0.636. The second kappa shape index (κ2) is 10.3. The molecule has 0 spiro atoms. The lowest BCUT2D eigenvalue weighted by Gasteiger charge is -2.07. The van der Waals surface area contributed by atoms with Crippen LogP contribution in [0.1, 0.15) is 41.0 Å². The number of nitrogens with one attached hydrogen (secondary N) is 1. The molecular formula is C11H23N. The molecule has 0 fully saturated rings. The van der Waals surface area contributed by atoms with E-state index in [2.05, 4.69) is 31.3 Å². The van der Waals surface area contributed by atoms with Gasteiger partial charge in [0.1, 0.15) is 0 Å². The van der Waals surface area contributed by atoms with Gasteiger partial charge in [-0.25, -0.2) is 0 Å². The normalized spacial score (nSPS) is 11.8. The van der Waals surface area contributed by atoms with Gasteiger partial charge in [0.05, 0.1) is 0 Å². The van der Waals surface area contributed by atoms with E-state index in [4.69, 9.17) is 0 Å². The highest BCUT2D eigenvalue weighted by Gasteiger charge is 1.95. The van der Waals surface area contributed by atoms with E-state index in [0.717, 1.165) is 6.42 Å². The van der Waals surface area contributed by atoms with Crippen molar-refractivity contribution in [3.63, 3.8) is 0 Å². The Hall–Kier alpha value is -0.720. The predicted molar refractivity (Wildman–Crippen MR) is 58.2 cm³/mol. The van der Waals surface area contributed by atoms with Crippen LogP contribution in [0, 0.1) is 0 Å². The monoisotopic (exact) mass is 169 g/mol. The van der Waals surface area contributed by atoms with E-state index in [1.807, 2.05) is 27.8 Å². The Morgan fingerprint density at radius 2 is 1.67 bits per heavy atom. The molecule has 12 heavy (non-hydrogen) atoms. The first kappa shape index (κ1) is 13.8. The molecule has 0 radical (unpaired) electrons. The van der Waals surface area contributed by atoms with Crippen molar-refractivity contribution in [1.82, 2.24) is 5.32 Å². The van der Waals surface area contributed by atoms with E-state index < -0.39 is 0 Å². The lowest BCUT2D eigenvalue weighted by Crippen LogP contribution is -2.07. The van der Waals surface area contributed by atoms with Crippen molar-refractivity contribution >= 4 is 0 Å². The smallest absolute Gasteiger partial charge is 0.0323 e. The summed E-state index contributed by atoms with van der Waals surface area (Å²) in [6.45, 7) is 10.3. The molecule has 0 atom stereocenters. The molecule has 0 saturated heterocycles. The molecule has 1 N–H and O–H groups in total. The maximum atomic E-state index is 3.15. The second-order valence-electron chi connectivity index (χ2n) is 2.12. The maximum Gasteiger partial charge on any atom is 0.0323 e. The molecule has 0 aromatic rings. The molecule has 0 saturated carbocycles. The van der Waals surface area contributed by atoms with Gasteiger partial charge in [-0.3, -0.25) is 0 Å². The van der Waals surface area contributed by atoms with Gasteiger partial charge in [0.15, 0.2) is 0 Å². The first-order valence-corrected chi connectivity index (χ1v) is 4.79. The minimum absolute atomic E-state index is 1.09. The SMILES string of the molecule is C/C=C(CC)\C(=C/C)NC.CC. The molecule has 0 aliphatic rings. The highest BCUT2D eigenvalue weighted by Crippen LogP contribution is 2.09. The van der Waals surface area contributed by atoms with Crippen molar-refractivity contribution < 1.29 is 0 Å². The Balaban J connectivity index is 0. The molecule has 0 unspecified atom stereocenters. The van der Waals surface area contributed by atoms with Gasteiger partial charge in [0.2, 0.25) is 0 Å². The topological polar surface area (TPSA) is 12.0 Å². The Morgan fingerprint density at radius 3 is 1.75 bits per heavy atom. The van der Waals surface area contributed by atoms with Gasteiger partial charge in [-0.15, -0.1) is 0 Å². The van der Waals surface area contributed by atoms with Gasteiger partial charge in [-0.05, 0) is 25.8 Å². The van der Waals surface area contributed by atoms with Crippen molar-refractivity contribution in [3.05, 3.63) is 23.4 Å². The fourth-order valence-corrected chi connectivity index (χ4v) is 1.04. The maximum absolute atomic E-state index is 3.15. The van der Waals surface area contributed by atoms with Gasteiger partial charge in [-0.1, -0.05) is 32.9 Å². The third kappa shape index (κ3) is 5.00. The van der Waals surface area contributed by atoms with Crippen LogP contribution >= 0.6 is 0 Å². The number of rotatable bonds is 3. The summed E-state index contributed by atoms with van der Waals surface area (Å²) in [5, 5.41) is 3.15. The van der Waals surface area contributed by atoms with E-state index in [1.165, 1.54) is 11.3 Å². The minimum Gasteiger partial charge on any atom is -0.388 e. The lowest BCUT2D eigenvalue weighted by molar-refractivity contribution is 0.947. The van der Waals surface area contributed by atoms with Crippen LogP contribution in [0.5, 0.6) is 0 Å². The zero-order valence-corrected chi connectivity index (χ0v) is 9.36. The highest BCUT2D eigenvalue weighted by molar-refractivity contribution is 5.27. The van der Waals surface area contributed by atoms with Crippen LogP contribution in [0.15, 0.2) is 23.4 Å². The molecule has 0 aliphatic heterocycles. The standard InChI is InChI=1S/C9H17N.C2H6/c1-5-8(6-2)9(7-3)10-4;1-2/h5,7,10H,6H2,1-4H3;1-2H3/b8-5-,9-7+;. The second-order valence-corrected chi connectivity index (χ2v) is 2.12. The van der Waals surface area contributed by atoms with Crippen molar-refractivity contribution in [2.24, 2.45) is 0 Å². The zero-order valence-electron chi connectivity index (χ0n) is 9.36. The summed E-state index contributed by atoms with van der Waals surface area (Å²) in [4.78, 5) is 0. The van der Waals surface area contributed by atoms with Crippen LogP contribution in [-0.2, 0) is 0 Å². The van der Waals surface area contributed by atoms with Crippen LogP contribution < -0.4 is 5.32 Å². The average molecular weight is 169 g/mol. The van der Waals surface area contributed by atoms with Crippen LogP contribution in [0.2, 0.25) is 0 Å². The zero-order chi connectivity index (χ0) is 9.98. The summed E-state index contributed by atoms with van der Waals surface area (Å²) in [5.74, 6) is 0. The number of hydrogen-bond acceptors (Lipinski definition) is 1. The average Bonchev–Trinajstić information content (AvgIpc) is 2.17.